The summed E-state index contributed by atoms with van der Waals surface area (Å²) < 4.78 is 20.1. The van der Waals surface area contributed by atoms with Crippen LogP contribution in [0.15, 0.2) is 18.7 Å². The molecule has 0 spiro atoms. The number of halogens is 1. The standard InChI is InChI=1S/C13H18FN3O3/c1-13(2,3)20-12(19)17-7-9(14)6-10(17)11(18)16-5-4-15-8-16/h4-5,8-10H,6-7H2,1-3H3/t9-,10+/m1/s1. The molecule has 20 heavy (non-hydrogen) atoms. The topological polar surface area (TPSA) is 64.4 Å². The van der Waals surface area contributed by atoms with E-state index in [1.165, 1.54) is 23.3 Å². The lowest BCUT2D eigenvalue weighted by molar-refractivity contribution is 0.0203. The van der Waals surface area contributed by atoms with Gasteiger partial charge in [0.15, 0.2) is 0 Å². The Hall–Kier alpha value is -1.92. The molecule has 0 radical (unpaired) electrons. The molecule has 1 fully saturated rings. The van der Waals surface area contributed by atoms with E-state index in [0.29, 0.717) is 0 Å². The number of hydrogen-bond acceptors (Lipinski definition) is 4. The highest BCUT2D eigenvalue weighted by molar-refractivity contribution is 5.88. The summed E-state index contributed by atoms with van der Waals surface area (Å²) >= 11 is 0. The van der Waals surface area contributed by atoms with E-state index in [2.05, 4.69) is 4.98 Å². The number of nitrogens with zero attached hydrogens (tertiary/aromatic N) is 3. The van der Waals surface area contributed by atoms with Crippen molar-refractivity contribution in [3.05, 3.63) is 18.7 Å². The van der Waals surface area contributed by atoms with Gasteiger partial charge in [-0.05, 0) is 20.8 Å². The minimum Gasteiger partial charge on any atom is -0.444 e. The Morgan fingerprint density at radius 3 is 2.65 bits per heavy atom. The Bertz CT molecular complexity index is 495. The molecular formula is C13H18FN3O3. The first-order valence-electron chi connectivity index (χ1n) is 6.44. The number of likely N-dealkylation sites (tertiary alicyclic amines) is 1. The molecule has 1 aromatic rings. The first-order valence-corrected chi connectivity index (χ1v) is 6.44. The van der Waals surface area contributed by atoms with E-state index in [-0.39, 0.29) is 18.9 Å². The lowest BCUT2D eigenvalue weighted by atomic mass is 10.2. The lowest BCUT2D eigenvalue weighted by Crippen LogP contribution is -2.44. The molecule has 0 bridgehead atoms. The number of carbonyl (C=O) groups is 2. The van der Waals surface area contributed by atoms with Gasteiger partial charge in [0.25, 0.3) is 5.91 Å². The monoisotopic (exact) mass is 283 g/mol. The third-order valence-corrected chi connectivity index (χ3v) is 2.92. The van der Waals surface area contributed by atoms with Gasteiger partial charge in [0.05, 0.1) is 6.54 Å². The maximum atomic E-state index is 13.6. The van der Waals surface area contributed by atoms with Crippen LogP contribution >= 0.6 is 0 Å². The van der Waals surface area contributed by atoms with Crippen molar-refractivity contribution in [3.8, 4) is 0 Å². The molecule has 7 heteroatoms. The van der Waals surface area contributed by atoms with Gasteiger partial charge in [-0.25, -0.2) is 14.2 Å². The number of hydrogen-bond donors (Lipinski definition) is 0. The predicted octanol–water partition coefficient (Wildman–Crippen LogP) is 1.87. The quantitative estimate of drug-likeness (QED) is 0.789. The molecule has 1 aliphatic heterocycles. The molecule has 1 aromatic heterocycles. The molecule has 1 amide bonds. The Morgan fingerprint density at radius 2 is 2.10 bits per heavy atom. The molecule has 0 N–H and O–H groups in total. The molecule has 0 aromatic carbocycles. The summed E-state index contributed by atoms with van der Waals surface area (Å²) in [6.45, 7) is 5.04. The second-order valence-electron chi connectivity index (χ2n) is 5.79. The van der Waals surface area contributed by atoms with E-state index in [0.717, 1.165) is 4.90 Å². The van der Waals surface area contributed by atoms with Crippen molar-refractivity contribution in [2.45, 2.75) is 45.0 Å². The van der Waals surface area contributed by atoms with Crippen LogP contribution in [-0.2, 0) is 4.74 Å². The molecule has 2 atom stereocenters. The summed E-state index contributed by atoms with van der Waals surface area (Å²) in [4.78, 5) is 29.2. The van der Waals surface area contributed by atoms with Gasteiger partial charge >= 0.3 is 6.09 Å². The van der Waals surface area contributed by atoms with Crippen molar-refractivity contribution < 1.29 is 18.7 Å². The van der Waals surface area contributed by atoms with Crippen LogP contribution in [0.1, 0.15) is 32.0 Å². The molecule has 0 aliphatic carbocycles. The Balaban J connectivity index is 2.14. The third kappa shape index (κ3) is 3.15. The summed E-state index contributed by atoms with van der Waals surface area (Å²) in [7, 11) is 0. The van der Waals surface area contributed by atoms with Gasteiger partial charge in [-0.15, -0.1) is 0 Å². The largest absolute Gasteiger partial charge is 0.444 e. The van der Waals surface area contributed by atoms with Crippen LogP contribution in [0, 0.1) is 0 Å². The minimum atomic E-state index is -1.22. The summed E-state index contributed by atoms with van der Waals surface area (Å²) in [5.74, 6) is -0.381. The normalized spacial score (nSPS) is 22.9. The number of rotatable bonds is 1. The van der Waals surface area contributed by atoms with Gasteiger partial charge in [0.2, 0.25) is 0 Å². The van der Waals surface area contributed by atoms with Gasteiger partial charge in [-0.2, -0.15) is 0 Å². The van der Waals surface area contributed by atoms with E-state index in [4.69, 9.17) is 4.74 Å². The van der Waals surface area contributed by atoms with Gasteiger partial charge in [0.1, 0.15) is 24.1 Å². The molecular weight excluding hydrogens is 265 g/mol. The number of ether oxygens (including phenoxy) is 1. The van der Waals surface area contributed by atoms with Crippen LogP contribution in [-0.4, -0.2) is 50.8 Å². The van der Waals surface area contributed by atoms with E-state index < -0.39 is 23.9 Å². The third-order valence-electron chi connectivity index (χ3n) is 2.92. The molecule has 1 saturated heterocycles. The average molecular weight is 283 g/mol. The smallest absolute Gasteiger partial charge is 0.411 e. The minimum absolute atomic E-state index is 0.0176. The van der Waals surface area contributed by atoms with Gasteiger partial charge in [-0.3, -0.25) is 14.3 Å². The van der Waals surface area contributed by atoms with Crippen molar-refractivity contribution in [2.75, 3.05) is 6.54 Å². The van der Waals surface area contributed by atoms with Crippen LogP contribution in [0.2, 0.25) is 0 Å². The Labute approximate surface area is 116 Å². The van der Waals surface area contributed by atoms with Crippen LogP contribution < -0.4 is 0 Å². The zero-order valence-corrected chi connectivity index (χ0v) is 11.7. The Kier molecular flexibility index (Phi) is 3.78. The fraction of sp³-hybridized carbons (Fsp3) is 0.615. The first kappa shape index (κ1) is 14.5. The van der Waals surface area contributed by atoms with E-state index in [1.54, 1.807) is 20.8 Å². The summed E-state index contributed by atoms with van der Waals surface area (Å²) in [6.07, 6.45) is 2.35. The van der Waals surface area contributed by atoms with Crippen LogP contribution in [0.4, 0.5) is 9.18 Å². The highest BCUT2D eigenvalue weighted by atomic mass is 19.1. The average Bonchev–Trinajstić information content (AvgIpc) is 2.94. The molecule has 2 rings (SSSR count). The highest BCUT2D eigenvalue weighted by Crippen LogP contribution is 2.24. The van der Waals surface area contributed by atoms with E-state index in [9.17, 15) is 14.0 Å². The summed E-state index contributed by atoms with van der Waals surface area (Å²) in [5.41, 5.74) is -0.686. The molecule has 1 aliphatic rings. The predicted molar refractivity (Wildman–Crippen MR) is 69.1 cm³/mol. The maximum absolute atomic E-state index is 13.6. The molecule has 0 saturated carbocycles. The van der Waals surface area contributed by atoms with Crippen molar-refractivity contribution >= 4 is 12.0 Å². The van der Waals surface area contributed by atoms with Crippen molar-refractivity contribution in [1.82, 2.24) is 14.5 Å². The van der Waals surface area contributed by atoms with Gasteiger partial charge in [-0.1, -0.05) is 0 Å². The van der Waals surface area contributed by atoms with Gasteiger partial charge in [0, 0.05) is 18.8 Å². The number of carbonyl (C=O) groups excluding carboxylic acids is 2. The van der Waals surface area contributed by atoms with Crippen molar-refractivity contribution in [1.29, 1.82) is 0 Å². The van der Waals surface area contributed by atoms with Crippen molar-refractivity contribution in [3.63, 3.8) is 0 Å². The van der Waals surface area contributed by atoms with Crippen molar-refractivity contribution in [2.24, 2.45) is 0 Å². The molecule has 6 nitrogen and oxygen atoms in total. The summed E-state index contributed by atoms with van der Waals surface area (Å²) in [6, 6.07) is -0.853. The zero-order chi connectivity index (χ0) is 14.9. The SMILES string of the molecule is CC(C)(C)OC(=O)N1C[C@H](F)C[C@H]1C(=O)n1ccnc1. The fourth-order valence-corrected chi connectivity index (χ4v) is 2.10. The summed E-state index contributed by atoms with van der Waals surface area (Å²) in [5, 5.41) is 0. The molecule has 0 unspecified atom stereocenters. The number of amides is 1. The van der Waals surface area contributed by atoms with Crippen LogP contribution in [0.3, 0.4) is 0 Å². The fourth-order valence-electron chi connectivity index (χ4n) is 2.10. The Morgan fingerprint density at radius 1 is 1.40 bits per heavy atom. The van der Waals surface area contributed by atoms with E-state index >= 15 is 0 Å². The van der Waals surface area contributed by atoms with Crippen LogP contribution in [0.5, 0.6) is 0 Å². The van der Waals surface area contributed by atoms with E-state index in [1.807, 2.05) is 0 Å². The number of alkyl halides is 1. The molecule has 110 valence electrons. The van der Waals surface area contributed by atoms with Gasteiger partial charge < -0.3 is 4.74 Å². The number of imidazole rings is 1. The number of aromatic nitrogens is 2. The second-order valence-corrected chi connectivity index (χ2v) is 5.79. The second kappa shape index (κ2) is 5.22. The zero-order valence-electron chi connectivity index (χ0n) is 11.7. The highest BCUT2D eigenvalue weighted by Gasteiger charge is 2.42. The lowest BCUT2D eigenvalue weighted by Gasteiger charge is -2.27. The maximum Gasteiger partial charge on any atom is 0.411 e. The van der Waals surface area contributed by atoms with Crippen LogP contribution in [0.25, 0.3) is 0 Å². The first-order chi connectivity index (χ1) is 9.28. The molecule has 2 heterocycles.